The summed E-state index contributed by atoms with van der Waals surface area (Å²) < 4.78 is 0. The van der Waals surface area contributed by atoms with Crippen LogP contribution < -0.4 is 0 Å². The standard InChI is InChI=1S/C14H32N2Si/c1-5-17(6-2,7-3)14-8-9-16-12-10-15(4)11-13-16/h5-14H2,1-4H3. The molecule has 1 aliphatic heterocycles. The topological polar surface area (TPSA) is 6.48 Å². The van der Waals surface area contributed by atoms with Crippen LogP contribution in [0.2, 0.25) is 24.2 Å². The Balaban J connectivity index is 2.22. The first kappa shape index (κ1) is 15.2. The van der Waals surface area contributed by atoms with Crippen LogP contribution in [-0.4, -0.2) is 57.6 Å². The highest BCUT2D eigenvalue weighted by Gasteiger charge is 2.26. The Morgan fingerprint density at radius 2 is 1.41 bits per heavy atom. The van der Waals surface area contributed by atoms with Gasteiger partial charge in [0, 0.05) is 26.2 Å². The Hall–Kier alpha value is 0.137. The third kappa shape index (κ3) is 4.72. The quantitative estimate of drug-likeness (QED) is 0.646. The smallest absolute Gasteiger partial charge is 0.0528 e. The molecule has 0 bridgehead atoms. The van der Waals surface area contributed by atoms with E-state index in [1.165, 1.54) is 57.3 Å². The van der Waals surface area contributed by atoms with E-state index in [1.54, 1.807) is 6.04 Å². The monoisotopic (exact) mass is 256 g/mol. The molecule has 0 aromatic rings. The lowest BCUT2D eigenvalue weighted by Gasteiger charge is -2.34. The van der Waals surface area contributed by atoms with E-state index in [-0.39, 0.29) is 0 Å². The third-order valence-corrected chi connectivity index (χ3v) is 10.9. The van der Waals surface area contributed by atoms with Crippen LogP contribution in [0.25, 0.3) is 0 Å². The van der Waals surface area contributed by atoms with E-state index in [4.69, 9.17) is 0 Å². The molecule has 0 aromatic heterocycles. The predicted octanol–water partition coefficient (Wildman–Crippen LogP) is 3.13. The molecule has 2 nitrogen and oxygen atoms in total. The first-order valence-electron chi connectivity index (χ1n) is 7.56. The van der Waals surface area contributed by atoms with Gasteiger partial charge in [-0.15, -0.1) is 0 Å². The minimum Gasteiger partial charge on any atom is -0.304 e. The van der Waals surface area contributed by atoms with E-state index in [0.717, 1.165) is 0 Å². The van der Waals surface area contributed by atoms with Crippen LogP contribution in [0.15, 0.2) is 0 Å². The number of hydrogen-bond donors (Lipinski definition) is 0. The van der Waals surface area contributed by atoms with Crippen LogP contribution in [0, 0.1) is 0 Å². The van der Waals surface area contributed by atoms with Crippen molar-refractivity contribution in [3.8, 4) is 0 Å². The molecule has 0 spiro atoms. The van der Waals surface area contributed by atoms with Gasteiger partial charge >= 0.3 is 0 Å². The Labute approximate surface area is 109 Å². The fourth-order valence-electron chi connectivity index (χ4n) is 3.03. The van der Waals surface area contributed by atoms with Gasteiger partial charge in [0.15, 0.2) is 0 Å². The molecule has 0 saturated carbocycles. The summed E-state index contributed by atoms with van der Waals surface area (Å²) in [4.78, 5) is 5.11. The van der Waals surface area contributed by atoms with Crippen molar-refractivity contribution in [3.05, 3.63) is 0 Å². The maximum atomic E-state index is 2.67. The van der Waals surface area contributed by atoms with E-state index in [9.17, 15) is 0 Å². The Bertz CT molecular complexity index is 188. The highest BCUT2D eigenvalue weighted by Crippen LogP contribution is 2.26. The summed E-state index contributed by atoms with van der Waals surface area (Å²) >= 11 is 0. The molecule has 1 heterocycles. The molecule has 0 amide bonds. The zero-order valence-electron chi connectivity index (χ0n) is 12.5. The summed E-state index contributed by atoms with van der Waals surface area (Å²) in [6, 6.07) is 6.02. The Morgan fingerprint density at radius 1 is 0.882 bits per heavy atom. The van der Waals surface area contributed by atoms with Crippen molar-refractivity contribution in [3.63, 3.8) is 0 Å². The zero-order valence-corrected chi connectivity index (χ0v) is 13.5. The van der Waals surface area contributed by atoms with Gasteiger partial charge < -0.3 is 9.80 Å². The van der Waals surface area contributed by atoms with Crippen molar-refractivity contribution >= 4 is 8.07 Å². The summed E-state index contributed by atoms with van der Waals surface area (Å²) in [6.07, 6.45) is 1.45. The Morgan fingerprint density at radius 3 is 1.88 bits per heavy atom. The van der Waals surface area contributed by atoms with Crippen LogP contribution in [-0.2, 0) is 0 Å². The summed E-state index contributed by atoms with van der Waals surface area (Å²) in [5.74, 6) is 0. The van der Waals surface area contributed by atoms with E-state index in [1.807, 2.05) is 0 Å². The normalized spacial score (nSPS) is 19.8. The molecular weight excluding hydrogens is 224 g/mol. The fourth-order valence-corrected chi connectivity index (χ4v) is 6.50. The van der Waals surface area contributed by atoms with Gasteiger partial charge in [-0.3, -0.25) is 0 Å². The highest BCUT2D eigenvalue weighted by atomic mass is 28.3. The molecule has 0 N–H and O–H groups in total. The van der Waals surface area contributed by atoms with Crippen LogP contribution in [0.3, 0.4) is 0 Å². The van der Waals surface area contributed by atoms with Gasteiger partial charge in [0.2, 0.25) is 0 Å². The number of hydrogen-bond acceptors (Lipinski definition) is 2. The lowest BCUT2D eigenvalue weighted by atomic mass is 10.3. The van der Waals surface area contributed by atoms with Gasteiger partial charge in [-0.1, -0.05) is 44.9 Å². The molecular formula is C14H32N2Si. The number of piperazine rings is 1. The lowest BCUT2D eigenvalue weighted by Crippen LogP contribution is -2.45. The average molecular weight is 257 g/mol. The second kappa shape index (κ2) is 7.55. The zero-order chi connectivity index (χ0) is 12.7. The predicted molar refractivity (Wildman–Crippen MR) is 80.6 cm³/mol. The first-order chi connectivity index (χ1) is 8.15. The van der Waals surface area contributed by atoms with Crippen molar-refractivity contribution in [2.24, 2.45) is 0 Å². The summed E-state index contributed by atoms with van der Waals surface area (Å²) in [5, 5.41) is 0. The largest absolute Gasteiger partial charge is 0.304 e. The third-order valence-electron chi connectivity index (χ3n) is 5.03. The van der Waals surface area contributed by atoms with Gasteiger partial charge in [0.25, 0.3) is 0 Å². The van der Waals surface area contributed by atoms with Crippen molar-refractivity contribution in [1.29, 1.82) is 0 Å². The van der Waals surface area contributed by atoms with Crippen molar-refractivity contribution in [2.45, 2.75) is 51.4 Å². The fraction of sp³-hybridized carbons (Fsp3) is 1.00. The van der Waals surface area contributed by atoms with Gasteiger partial charge in [-0.2, -0.15) is 0 Å². The molecule has 0 atom stereocenters. The summed E-state index contributed by atoms with van der Waals surface area (Å²) in [7, 11) is 1.38. The number of rotatable bonds is 7. The van der Waals surface area contributed by atoms with E-state index < -0.39 is 8.07 Å². The summed E-state index contributed by atoms with van der Waals surface area (Å²) in [5.41, 5.74) is 0. The molecule has 0 unspecified atom stereocenters. The van der Waals surface area contributed by atoms with Gasteiger partial charge in [0.05, 0.1) is 8.07 Å². The minimum absolute atomic E-state index is 0.853. The molecule has 3 heteroatoms. The van der Waals surface area contributed by atoms with Crippen LogP contribution in [0.1, 0.15) is 27.2 Å². The minimum atomic E-state index is -0.853. The maximum Gasteiger partial charge on any atom is 0.0528 e. The SMILES string of the molecule is CC[Si](CC)(CC)CCCN1CCN(C)CC1. The van der Waals surface area contributed by atoms with Gasteiger partial charge in [0.1, 0.15) is 0 Å². The van der Waals surface area contributed by atoms with E-state index >= 15 is 0 Å². The number of likely N-dealkylation sites (N-methyl/N-ethyl adjacent to an activating group) is 1. The molecule has 1 rings (SSSR count). The van der Waals surface area contributed by atoms with Crippen molar-refractivity contribution in [2.75, 3.05) is 39.8 Å². The first-order valence-corrected chi connectivity index (χ1v) is 10.4. The van der Waals surface area contributed by atoms with Gasteiger partial charge in [-0.25, -0.2) is 0 Å². The second-order valence-corrected chi connectivity index (χ2v) is 11.4. The molecule has 1 saturated heterocycles. The van der Waals surface area contributed by atoms with Crippen molar-refractivity contribution < 1.29 is 0 Å². The molecule has 102 valence electrons. The van der Waals surface area contributed by atoms with Crippen LogP contribution in [0.5, 0.6) is 0 Å². The molecule has 0 aliphatic carbocycles. The summed E-state index contributed by atoms with van der Waals surface area (Å²) in [6.45, 7) is 13.7. The van der Waals surface area contributed by atoms with E-state index in [2.05, 4.69) is 37.6 Å². The molecule has 17 heavy (non-hydrogen) atoms. The second-order valence-electron chi connectivity index (χ2n) is 5.81. The highest BCUT2D eigenvalue weighted by molar-refractivity contribution is 6.79. The van der Waals surface area contributed by atoms with E-state index in [0.29, 0.717) is 0 Å². The Kier molecular flexibility index (Phi) is 6.74. The van der Waals surface area contributed by atoms with Gasteiger partial charge in [-0.05, 0) is 20.0 Å². The lowest BCUT2D eigenvalue weighted by molar-refractivity contribution is 0.154. The molecule has 0 radical (unpaired) electrons. The van der Waals surface area contributed by atoms with Crippen molar-refractivity contribution in [1.82, 2.24) is 9.80 Å². The average Bonchev–Trinajstić information content (AvgIpc) is 2.38. The van der Waals surface area contributed by atoms with Crippen LogP contribution >= 0.6 is 0 Å². The number of nitrogens with zero attached hydrogens (tertiary/aromatic N) is 2. The maximum absolute atomic E-state index is 2.67. The molecule has 1 fully saturated rings. The molecule has 1 aliphatic rings. The molecule has 0 aromatic carbocycles. The van der Waals surface area contributed by atoms with Crippen LogP contribution in [0.4, 0.5) is 0 Å².